The lowest BCUT2D eigenvalue weighted by Crippen LogP contribution is -2.30. The van der Waals surface area contributed by atoms with E-state index in [9.17, 15) is 14.7 Å². The van der Waals surface area contributed by atoms with Gasteiger partial charge in [-0.25, -0.2) is 4.98 Å². The van der Waals surface area contributed by atoms with Crippen molar-refractivity contribution in [1.82, 2.24) is 4.98 Å². The maximum Gasteiger partial charge on any atom is 0.301 e. The number of aliphatic hydroxyl groups excluding tert-OH is 1. The molecule has 0 aliphatic carbocycles. The van der Waals surface area contributed by atoms with E-state index in [4.69, 9.17) is 9.47 Å². The number of hydrogen-bond acceptors (Lipinski definition) is 6. The van der Waals surface area contributed by atoms with Gasteiger partial charge in [0.25, 0.3) is 5.78 Å². The average Bonchev–Trinajstić information content (AvgIpc) is 3.09. The van der Waals surface area contributed by atoms with Crippen LogP contribution in [0.2, 0.25) is 0 Å². The fourth-order valence-electron chi connectivity index (χ4n) is 3.57. The number of ether oxygens (including phenoxy) is 2. The molecule has 1 amide bonds. The quantitative estimate of drug-likeness (QED) is 0.387. The van der Waals surface area contributed by atoms with Crippen LogP contribution in [0.3, 0.4) is 0 Å². The van der Waals surface area contributed by atoms with Crippen LogP contribution in [-0.2, 0) is 9.59 Å². The van der Waals surface area contributed by atoms with Crippen molar-refractivity contribution < 1.29 is 24.2 Å². The summed E-state index contributed by atoms with van der Waals surface area (Å²) in [6.45, 7) is 0. The van der Waals surface area contributed by atoms with E-state index in [1.165, 1.54) is 12.0 Å². The monoisotopic (exact) mass is 416 g/mol. The van der Waals surface area contributed by atoms with Crippen LogP contribution in [0.1, 0.15) is 17.2 Å². The van der Waals surface area contributed by atoms with Gasteiger partial charge in [0, 0.05) is 11.8 Å². The average molecular weight is 416 g/mol. The summed E-state index contributed by atoms with van der Waals surface area (Å²) in [5.74, 6) is -0.236. The first kappa shape index (κ1) is 20.2. The zero-order valence-electron chi connectivity index (χ0n) is 17.0. The van der Waals surface area contributed by atoms with Crippen molar-refractivity contribution in [2.24, 2.45) is 0 Å². The Kier molecular flexibility index (Phi) is 5.41. The Morgan fingerprint density at radius 2 is 1.52 bits per heavy atom. The van der Waals surface area contributed by atoms with Crippen LogP contribution in [0.4, 0.5) is 5.82 Å². The number of aromatic nitrogens is 1. The molecule has 1 atom stereocenters. The number of pyridine rings is 1. The van der Waals surface area contributed by atoms with Crippen molar-refractivity contribution in [3.05, 3.63) is 89.6 Å². The van der Waals surface area contributed by atoms with Gasteiger partial charge in [-0.1, -0.05) is 18.2 Å². The Hall–Kier alpha value is -4.13. The number of hydrogen-bond donors (Lipinski definition) is 1. The molecule has 2 heterocycles. The fraction of sp³-hybridized carbons (Fsp3) is 0.125. The smallest absolute Gasteiger partial charge is 0.301 e. The Bertz CT molecular complexity index is 1140. The van der Waals surface area contributed by atoms with Crippen molar-refractivity contribution in [2.75, 3.05) is 19.1 Å². The van der Waals surface area contributed by atoms with Gasteiger partial charge in [0.2, 0.25) is 0 Å². The molecule has 1 unspecified atom stereocenters. The van der Waals surface area contributed by atoms with Gasteiger partial charge in [0.15, 0.2) is 0 Å². The SMILES string of the molecule is COc1ccc(/C(O)=C2/C(=O)C(=O)N(c3ccccn3)C2c2ccc(OC)cc2)cc1. The molecule has 3 aromatic rings. The molecule has 1 aliphatic rings. The van der Waals surface area contributed by atoms with Crippen LogP contribution in [-0.4, -0.2) is 36.0 Å². The highest BCUT2D eigenvalue weighted by Gasteiger charge is 2.47. The number of benzene rings is 2. The highest BCUT2D eigenvalue weighted by atomic mass is 16.5. The highest BCUT2D eigenvalue weighted by Crippen LogP contribution is 2.41. The molecule has 4 rings (SSSR count). The van der Waals surface area contributed by atoms with E-state index >= 15 is 0 Å². The summed E-state index contributed by atoms with van der Waals surface area (Å²) < 4.78 is 10.4. The van der Waals surface area contributed by atoms with Gasteiger partial charge < -0.3 is 14.6 Å². The van der Waals surface area contributed by atoms with Gasteiger partial charge in [0.05, 0.1) is 25.8 Å². The summed E-state index contributed by atoms with van der Waals surface area (Å²) in [4.78, 5) is 31.6. The van der Waals surface area contributed by atoms with Crippen LogP contribution in [0.15, 0.2) is 78.5 Å². The fourth-order valence-corrected chi connectivity index (χ4v) is 3.57. The van der Waals surface area contributed by atoms with E-state index in [1.807, 2.05) is 0 Å². The third-order valence-electron chi connectivity index (χ3n) is 5.14. The number of carbonyl (C=O) groups is 2. The number of amides is 1. The first-order chi connectivity index (χ1) is 15.0. The molecule has 1 aliphatic heterocycles. The van der Waals surface area contributed by atoms with Gasteiger partial charge in [-0.05, 0) is 54.1 Å². The topological polar surface area (TPSA) is 89.0 Å². The third-order valence-corrected chi connectivity index (χ3v) is 5.14. The molecular weight excluding hydrogens is 396 g/mol. The third kappa shape index (κ3) is 3.61. The van der Waals surface area contributed by atoms with Crippen molar-refractivity contribution >= 4 is 23.3 Å². The lowest BCUT2D eigenvalue weighted by Gasteiger charge is -2.24. The number of Topliss-reactive ketones (excluding diaryl/α,β-unsaturated/α-hetero) is 1. The van der Waals surface area contributed by atoms with E-state index in [0.717, 1.165) is 0 Å². The number of methoxy groups -OCH3 is 2. The molecule has 1 saturated heterocycles. The van der Waals surface area contributed by atoms with Crippen LogP contribution < -0.4 is 14.4 Å². The standard InChI is InChI=1S/C24H20N2O5/c1-30-17-10-6-15(7-11-17)21-20(22(27)16-8-12-18(31-2)13-9-16)23(28)24(29)26(21)19-5-3-4-14-25-19/h3-14,21,27H,1-2H3/b22-20-. The normalized spacial score (nSPS) is 17.6. The molecule has 2 aromatic carbocycles. The van der Waals surface area contributed by atoms with Crippen molar-refractivity contribution in [3.8, 4) is 11.5 Å². The van der Waals surface area contributed by atoms with Crippen molar-refractivity contribution in [1.29, 1.82) is 0 Å². The van der Waals surface area contributed by atoms with Gasteiger partial charge in [-0.3, -0.25) is 14.5 Å². The summed E-state index contributed by atoms with van der Waals surface area (Å²) in [5.41, 5.74) is 1.03. The predicted molar refractivity (Wildman–Crippen MR) is 115 cm³/mol. The molecule has 1 aromatic heterocycles. The molecule has 7 nitrogen and oxygen atoms in total. The molecular formula is C24H20N2O5. The number of ketones is 1. The zero-order chi connectivity index (χ0) is 22.0. The molecule has 0 spiro atoms. The maximum atomic E-state index is 13.0. The minimum Gasteiger partial charge on any atom is -0.507 e. The Labute approximate surface area is 179 Å². The zero-order valence-corrected chi connectivity index (χ0v) is 17.0. The first-order valence-electron chi connectivity index (χ1n) is 9.55. The molecule has 31 heavy (non-hydrogen) atoms. The number of aliphatic hydroxyl groups is 1. The van der Waals surface area contributed by atoms with Gasteiger partial charge >= 0.3 is 5.91 Å². The van der Waals surface area contributed by atoms with Crippen LogP contribution in [0.5, 0.6) is 11.5 Å². The minimum absolute atomic E-state index is 0.00835. The van der Waals surface area contributed by atoms with E-state index in [1.54, 1.807) is 80.0 Å². The molecule has 1 N–H and O–H groups in total. The van der Waals surface area contributed by atoms with Gasteiger partial charge in [-0.15, -0.1) is 0 Å². The Balaban J connectivity index is 1.90. The van der Waals surface area contributed by atoms with Gasteiger partial charge in [-0.2, -0.15) is 0 Å². The largest absolute Gasteiger partial charge is 0.507 e. The number of carbonyl (C=O) groups excluding carboxylic acids is 2. The molecule has 0 radical (unpaired) electrons. The highest BCUT2D eigenvalue weighted by molar-refractivity contribution is 6.51. The second-order valence-corrected chi connectivity index (χ2v) is 6.86. The van der Waals surface area contributed by atoms with Crippen LogP contribution >= 0.6 is 0 Å². The molecule has 0 bridgehead atoms. The molecule has 7 heteroatoms. The van der Waals surface area contributed by atoms with Crippen LogP contribution in [0.25, 0.3) is 5.76 Å². The number of rotatable bonds is 5. The second kappa shape index (κ2) is 8.31. The van der Waals surface area contributed by atoms with Crippen molar-refractivity contribution in [2.45, 2.75) is 6.04 Å². The first-order valence-corrected chi connectivity index (χ1v) is 9.55. The summed E-state index contributed by atoms with van der Waals surface area (Å²) in [7, 11) is 3.09. The van der Waals surface area contributed by atoms with E-state index in [2.05, 4.69) is 4.98 Å². The lowest BCUT2D eigenvalue weighted by molar-refractivity contribution is -0.132. The van der Waals surface area contributed by atoms with Crippen molar-refractivity contribution in [3.63, 3.8) is 0 Å². The summed E-state index contributed by atoms with van der Waals surface area (Å²) in [6.07, 6.45) is 1.54. The maximum absolute atomic E-state index is 13.0. The van der Waals surface area contributed by atoms with Gasteiger partial charge in [0.1, 0.15) is 23.1 Å². The second-order valence-electron chi connectivity index (χ2n) is 6.86. The summed E-state index contributed by atoms with van der Waals surface area (Å²) in [5, 5.41) is 11.1. The van der Waals surface area contributed by atoms with E-state index in [-0.39, 0.29) is 11.3 Å². The number of nitrogens with zero attached hydrogens (tertiary/aromatic N) is 2. The summed E-state index contributed by atoms with van der Waals surface area (Å²) >= 11 is 0. The lowest BCUT2D eigenvalue weighted by atomic mass is 9.95. The van der Waals surface area contributed by atoms with E-state index in [0.29, 0.717) is 28.4 Å². The Morgan fingerprint density at radius 3 is 2.06 bits per heavy atom. The van der Waals surface area contributed by atoms with E-state index < -0.39 is 17.7 Å². The predicted octanol–water partition coefficient (Wildman–Crippen LogP) is 3.73. The molecule has 1 fully saturated rings. The number of anilines is 1. The summed E-state index contributed by atoms with van der Waals surface area (Å²) in [6, 6.07) is 17.9. The van der Waals surface area contributed by atoms with Crippen LogP contribution in [0, 0.1) is 0 Å². The molecule has 0 saturated carbocycles. The molecule has 156 valence electrons. The Morgan fingerprint density at radius 1 is 0.903 bits per heavy atom. The minimum atomic E-state index is -0.845.